The Morgan fingerprint density at radius 3 is 2.45 bits per heavy atom. The lowest BCUT2D eigenvalue weighted by molar-refractivity contribution is -0.116. The third kappa shape index (κ3) is 4.80. The third-order valence-corrected chi connectivity index (χ3v) is 3.14. The fourth-order valence-corrected chi connectivity index (χ4v) is 2.04. The van der Waals surface area contributed by atoms with Crippen molar-refractivity contribution < 1.29 is 9.90 Å². The van der Waals surface area contributed by atoms with Crippen molar-refractivity contribution in [2.75, 3.05) is 5.32 Å². The predicted octanol–water partition coefficient (Wildman–Crippen LogP) is 3.39. The van der Waals surface area contributed by atoms with E-state index in [1.54, 1.807) is 24.3 Å². The van der Waals surface area contributed by atoms with Gasteiger partial charge in [0.15, 0.2) is 0 Å². The topological polar surface area (TPSA) is 54.3 Å². The van der Waals surface area contributed by atoms with Crippen LogP contribution in [-0.2, 0) is 11.3 Å². The summed E-state index contributed by atoms with van der Waals surface area (Å²) in [5.74, 6) is 0.227. The molecule has 0 unspecified atom stereocenters. The van der Waals surface area contributed by atoms with Crippen molar-refractivity contribution >= 4 is 11.6 Å². The van der Waals surface area contributed by atoms with Crippen molar-refractivity contribution in [1.29, 1.82) is 0 Å². The Bertz CT molecular complexity index is 518. The molecule has 0 spiro atoms. The first-order valence-corrected chi connectivity index (χ1v) is 6.94. The number of carbonyl (C=O) groups excluding carboxylic acids is 1. The molecule has 1 aromatic carbocycles. The fourth-order valence-electron chi connectivity index (χ4n) is 2.04. The maximum atomic E-state index is 11.7. The number of unbranched alkanes of at least 4 members (excludes halogenated alkanes) is 2. The van der Waals surface area contributed by atoms with Crippen molar-refractivity contribution in [2.24, 2.45) is 0 Å². The van der Waals surface area contributed by atoms with Gasteiger partial charge in [0.1, 0.15) is 5.75 Å². The van der Waals surface area contributed by atoms with E-state index in [4.69, 9.17) is 5.11 Å². The van der Waals surface area contributed by atoms with E-state index in [1.165, 1.54) is 0 Å². The number of carbonyl (C=O) groups is 1. The summed E-state index contributed by atoms with van der Waals surface area (Å²) in [5, 5.41) is 12.0. The molecule has 0 aliphatic heterocycles. The lowest BCUT2D eigenvalue weighted by Crippen LogP contribution is -2.10. The van der Waals surface area contributed by atoms with Gasteiger partial charge in [-0.25, -0.2) is 0 Å². The Labute approximate surface area is 119 Å². The highest BCUT2D eigenvalue weighted by Crippen LogP contribution is 2.14. The van der Waals surface area contributed by atoms with Crippen molar-refractivity contribution in [3.05, 3.63) is 48.8 Å². The second-order valence-electron chi connectivity index (χ2n) is 4.83. The van der Waals surface area contributed by atoms with Gasteiger partial charge in [-0.05, 0) is 49.2 Å². The zero-order valence-corrected chi connectivity index (χ0v) is 11.5. The average molecular weight is 272 g/mol. The number of benzene rings is 1. The van der Waals surface area contributed by atoms with Crippen LogP contribution in [0, 0.1) is 0 Å². The van der Waals surface area contributed by atoms with Gasteiger partial charge in [0.2, 0.25) is 5.91 Å². The van der Waals surface area contributed by atoms with Gasteiger partial charge in [0, 0.05) is 31.0 Å². The van der Waals surface area contributed by atoms with E-state index in [2.05, 4.69) is 22.3 Å². The first kappa shape index (κ1) is 14.2. The minimum absolute atomic E-state index is 0.0247. The largest absolute Gasteiger partial charge is 0.508 e. The molecular weight excluding hydrogens is 252 g/mol. The molecule has 0 aliphatic carbocycles. The Balaban J connectivity index is 1.59. The zero-order valence-electron chi connectivity index (χ0n) is 11.5. The molecule has 0 aliphatic rings. The molecule has 0 bridgehead atoms. The molecule has 2 N–H and O–H groups in total. The van der Waals surface area contributed by atoms with Crippen LogP contribution in [-0.4, -0.2) is 15.6 Å². The van der Waals surface area contributed by atoms with Gasteiger partial charge in [-0.15, -0.1) is 0 Å². The van der Waals surface area contributed by atoms with Gasteiger partial charge in [0.05, 0.1) is 0 Å². The Hall–Kier alpha value is -2.23. The van der Waals surface area contributed by atoms with Crippen LogP contribution in [0.1, 0.15) is 25.7 Å². The van der Waals surface area contributed by atoms with Gasteiger partial charge in [0.25, 0.3) is 0 Å². The first-order valence-electron chi connectivity index (χ1n) is 6.94. The number of aromatic nitrogens is 1. The van der Waals surface area contributed by atoms with Gasteiger partial charge < -0.3 is 15.0 Å². The van der Waals surface area contributed by atoms with Crippen LogP contribution in [0.4, 0.5) is 5.69 Å². The molecule has 0 radical (unpaired) electrons. The lowest BCUT2D eigenvalue weighted by atomic mass is 10.2. The number of phenols is 1. The number of hydrogen-bond donors (Lipinski definition) is 2. The van der Waals surface area contributed by atoms with Crippen LogP contribution in [0.2, 0.25) is 0 Å². The predicted molar refractivity (Wildman–Crippen MR) is 79.6 cm³/mol. The number of phenolic OH excluding ortho intramolecular Hbond substituents is 1. The molecule has 1 heterocycles. The number of amides is 1. The second-order valence-corrected chi connectivity index (χ2v) is 4.83. The molecular formula is C16H20N2O2. The molecule has 0 fully saturated rings. The minimum Gasteiger partial charge on any atom is -0.508 e. The number of nitrogens with zero attached hydrogens (tertiary/aromatic N) is 1. The molecule has 20 heavy (non-hydrogen) atoms. The van der Waals surface area contributed by atoms with Gasteiger partial charge in [-0.3, -0.25) is 4.79 Å². The molecule has 0 saturated carbocycles. The average Bonchev–Trinajstić information content (AvgIpc) is 2.94. The van der Waals surface area contributed by atoms with E-state index in [9.17, 15) is 4.79 Å². The molecule has 4 heteroatoms. The first-order chi connectivity index (χ1) is 9.74. The maximum absolute atomic E-state index is 11.7. The summed E-state index contributed by atoms with van der Waals surface area (Å²) >= 11 is 0. The van der Waals surface area contributed by atoms with E-state index < -0.39 is 0 Å². The van der Waals surface area contributed by atoms with Gasteiger partial charge in [-0.1, -0.05) is 6.42 Å². The number of aryl methyl sites for hydroxylation is 1. The molecule has 4 nitrogen and oxygen atoms in total. The number of anilines is 1. The van der Waals surface area contributed by atoms with Crippen LogP contribution in [0.25, 0.3) is 0 Å². The monoisotopic (exact) mass is 272 g/mol. The van der Waals surface area contributed by atoms with Crippen LogP contribution < -0.4 is 5.32 Å². The summed E-state index contributed by atoms with van der Waals surface area (Å²) in [6, 6.07) is 10.5. The van der Waals surface area contributed by atoms with Crippen LogP contribution in [0.15, 0.2) is 48.8 Å². The summed E-state index contributed by atoms with van der Waals surface area (Å²) in [6.07, 6.45) is 7.66. The number of aromatic hydroxyl groups is 1. The third-order valence-electron chi connectivity index (χ3n) is 3.14. The van der Waals surface area contributed by atoms with Gasteiger partial charge in [-0.2, -0.15) is 0 Å². The highest BCUT2D eigenvalue weighted by molar-refractivity contribution is 5.90. The highest BCUT2D eigenvalue weighted by Gasteiger charge is 2.02. The molecule has 106 valence electrons. The van der Waals surface area contributed by atoms with Crippen molar-refractivity contribution in [1.82, 2.24) is 4.57 Å². The number of rotatable bonds is 7. The standard InChI is InChI=1S/C16H20N2O2/c19-15-9-7-14(8-10-15)17-16(20)6-2-1-3-11-18-12-4-5-13-18/h4-5,7-10,12-13,19H,1-3,6,11H2,(H,17,20). The Morgan fingerprint density at radius 1 is 1.05 bits per heavy atom. The number of nitrogens with one attached hydrogen (secondary N) is 1. The van der Waals surface area contributed by atoms with Gasteiger partial charge >= 0.3 is 0 Å². The molecule has 0 atom stereocenters. The quantitative estimate of drug-likeness (QED) is 0.599. The molecule has 2 rings (SSSR count). The Morgan fingerprint density at radius 2 is 1.75 bits per heavy atom. The summed E-state index contributed by atoms with van der Waals surface area (Å²) < 4.78 is 2.15. The summed E-state index contributed by atoms with van der Waals surface area (Å²) in [4.78, 5) is 11.7. The normalized spacial score (nSPS) is 10.4. The molecule has 1 amide bonds. The summed E-state index contributed by atoms with van der Waals surface area (Å²) in [6.45, 7) is 1.01. The second kappa shape index (κ2) is 7.38. The SMILES string of the molecule is O=C(CCCCCn1cccc1)Nc1ccc(O)cc1. The van der Waals surface area contributed by atoms with Crippen molar-refractivity contribution in [3.63, 3.8) is 0 Å². The Kier molecular flexibility index (Phi) is 5.24. The van der Waals surface area contributed by atoms with Crippen LogP contribution in [0.5, 0.6) is 5.75 Å². The minimum atomic E-state index is 0.0247. The zero-order chi connectivity index (χ0) is 14.2. The fraction of sp³-hybridized carbons (Fsp3) is 0.312. The molecule has 1 aromatic heterocycles. The molecule has 0 saturated heterocycles. The van der Waals surface area contributed by atoms with Crippen molar-refractivity contribution in [2.45, 2.75) is 32.2 Å². The van der Waals surface area contributed by atoms with E-state index in [0.29, 0.717) is 6.42 Å². The summed E-state index contributed by atoms with van der Waals surface area (Å²) in [5.41, 5.74) is 0.722. The summed E-state index contributed by atoms with van der Waals surface area (Å²) in [7, 11) is 0. The molecule has 2 aromatic rings. The lowest BCUT2D eigenvalue weighted by Gasteiger charge is -2.06. The maximum Gasteiger partial charge on any atom is 0.224 e. The van der Waals surface area contributed by atoms with E-state index >= 15 is 0 Å². The van der Waals surface area contributed by atoms with Crippen LogP contribution >= 0.6 is 0 Å². The van der Waals surface area contributed by atoms with Crippen LogP contribution in [0.3, 0.4) is 0 Å². The highest BCUT2D eigenvalue weighted by atomic mass is 16.3. The van der Waals surface area contributed by atoms with E-state index in [-0.39, 0.29) is 11.7 Å². The van der Waals surface area contributed by atoms with E-state index in [1.807, 2.05) is 12.1 Å². The van der Waals surface area contributed by atoms with E-state index in [0.717, 1.165) is 31.5 Å². The smallest absolute Gasteiger partial charge is 0.224 e. The number of hydrogen-bond acceptors (Lipinski definition) is 2. The van der Waals surface area contributed by atoms with Crippen molar-refractivity contribution in [3.8, 4) is 5.75 Å².